The van der Waals surface area contributed by atoms with Crippen molar-refractivity contribution < 1.29 is 14.7 Å². The van der Waals surface area contributed by atoms with E-state index < -0.39 is 5.97 Å². The average Bonchev–Trinajstić information content (AvgIpc) is 2.34. The molecule has 0 saturated carbocycles. The number of carboxylic acids is 1. The number of thioether (sulfide) groups is 1. The van der Waals surface area contributed by atoms with Crippen molar-refractivity contribution >= 4 is 23.8 Å². The van der Waals surface area contributed by atoms with Crippen LogP contribution in [0.1, 0.15) is 26.7 Å². The van der Waals surface area contributed by atoms with E-state index in [1.54, 1.807) is 0 Å². The van der Waals surface area contributed by atoms with E-state index >= 15 is 0 Å². The molecule has 1 heterocycles. The lowest BCUT2D eigenvalue weighted by molar-refractivity contribution is -0.138. The van der Waals surface area contributed by atoms with Crippen molar-refractivity contribution in [1.29, 1.82) is 0 Å². The van der Waals surface area contributed by atoms with Crippen molar-refractivity contribution in [2.75, 3.05) is 24.6 Å². The van der Waals surface area contributed by atoms with Gasteiger partial charge >= 0.3 is 12.0 Å². The molecule has 2 atom stereocenters. The molecule has 0 radical (unpaired) electrons. The summed E-state index contributed by atoms with van der Waals surface area (Å²) in [5.41, 5.74) is 0. The smallest absolute Gasteiger partial charge is 0.317 e. The van der Waals surface area contributed by atoms with Gasteiger partial charge in [0.2, 0.25) is 0 Å². The van der Waals surface area contributed by atoms with Crippen molar-refractivity contribution in [3.63, 3.8) is 0 Å². The summed E-state index contributed by atoms with van der Waals surface area (Å²) >= 11 is 1.86. The van der Waals surface area contributed by atoms with Crippen LogP contribution >= 0.6 is 11.8 Å². The van der Waals surface area contributed by atoms with E-state index in [2.05, 4.69) is 5.32 Å². The molecule has 0 aromatic heterocycles. The Labute approximate surface area is 112 Å². The SMILES string of the molecule is CCC(CNC(=O)N1CCSCC1C)CC(=O)O. The zero-order chi connectivity index (χ0) is 13.5. The summed E-state index contributed by atoms with van der Waals surface area (Å²) in [6.45, 7) is 5.20. The monoisotopic (exact) mass is 274 g/mol. The van der Waals surface area contributed by atoms with Crippen LogP contribution in [0, 0.1) is 5.92 Å². The van der Waals surface area contributed by atoms with Crippen LogP contribution in [0.25, 0.3) is 0 Å². The third kappa shape index (κ3) is 4.76. The van der Waals surface area contributed by atoms with Gasteiger partial charge in [-0.05, 0) is 12.8 Å². The summed E-state index contributed by atoms with van der Waals surface area (Å²) in [7, 11) is 0. The van der Waals surface area contributed by atoms with Crippen molar-refractivity contribution in [3.05, 3.63) is 0 Å². The maximum Gasteiger partial charge on any atom is 0.317 e. The second-order valence-electron chi connectivity index (χ2n) is 4.68. The third-order valence-corrected chi connectivity index (χ3v) is 4.40. The largest absolute Gasteiger partial charge is 0.481 e. The van der Waals surface area contributed by atoms with E-state index in [0.717, 1.165) is 24.5 Å². The number of carboxylic acid groups (broad SMARTS) is 1. The normalized spacial score (nSPS) is 21.4. The van der Waals surface area contributed by atoms with Crippen molar-refractivity contribution in [2.24, 2.45) is 5.92 Å². The molecule has 1 aliphatic rings. The number of carbonyl (C=O) groups excluding carboxylic acids is 1. The highest BCUT2D eigenvalue weighted by atomic mass is 32.2. The number of rotatable bonds is 5. The Kier molecular flexibility index (Phi) is 6.32. The zero-order valence-corrected chi connectivity index (χ0v) is 11.8. The van der Waals surface area contributed by atoms with E-state index in [9.17, 15) is 9.59 Å². The molecule has 2 amide bonds. The van der Waals surface area contributed by atoms with Gasteiger partial charge < -0.3 is 15.3 Å². The number of urea groups is 1. The van der Waals surface area contributed by atoms with Gasteiger partial charge in [-0.15, -0.1) is 0 Å². The van der Waals surface area contributed by atoms with E-state index in [0.29, 0.717) is 6.54 Å². The number of nitrogens with one attached hydrogen (secondary N) is 1. The minimum Gasteiger partial charge on any atom is -0.481 e. The topological polar surface area (TPSA) is 69.6 Å². The highest BCUT2D eigenvalue weighted by Gasteiger charge is 2.23. The van der Waals surface area contributed by atoms with Crippen LogP contribution in [0.15, 0.2) is 0 Å². The average molecular weight is 274 g/mol. The van der Waals surface area contributed by atoms with Crippen LogP contribution < -0.4 is 5.32 Å². The van der Waals surface area contributed by atoms with Gasteiger partial charge in [-0.25, -0.2) is 4.79 Å². The van der Waals surface area contributed by atoms with E-state index in [4.69, 9.17) is 5.11 Å². The van der Waals surface area contributed by atoms with Crippen molar-refractivity contribution in [1.82, 2.24) is 10.2 Å². The molecule has 0 bridgehead atoms. The van der Waals surface area contributed by atoms with Gasteiger partial charge in [0, 0.05) is 37.1 Å². The van der Waals surface area contributed by atoms with Gasteiger partial charge in [0.05, 0.1) is 0 Å². The lowest BCUT2D eigenvalue weighted by Crippen LogP contribution is -2.50. The Morgan fingerprint density at radius 3 is 2.83 bits per heavy atom. The summed E-state index contributed by atoms with van der Waals surface area (Å²) in [5.74, 6) is 1.16. The number of hydrogen-bond donors (Lipinski definition) is 2. The summed E-state index contributed by atoms with van der Waals surface area (Å²) < 4.78 is 0. The summed E-state index contributed by atoms with van der Waals surface area (Å²) in [6, 6.07) is 0.190. The van der Waals surface area contributed by atoms with Gasteiger partial charge in [0.25, 0.3) is 0 Å². The second-order valence-corrected chi connectivity index (χ2v) is 5.83. The molecule has 1 fully saturated rings. The Balaban J connectivity index is 2.36. The van der Waals surface area contributed by atoms with E-state index in [1.165, 1.54) is 0 Å². The quantitative estimate of drug-likeness (QED) is 0.799. The van der Waals surface area contributed by atoms with Gasteiger partial charge in [-0.1, -0.05) is 13.3 Å². The van der Waals surface area contributed by atoms with Crippen LogP contribution in [0.4, 0.5) is 4.79 Å². The molecule has 5 nitrogen and oxygen atoms in total. The van der Waals surface area contributed by atoms with Crippen molar-refractivity contribution in [2.45, 2.75) is 32.7 Å². The molecule has 104 valence electrons. The first-order chi connectivity index (χ1) is 8.54. The first-order valence-corrected chi connectivity index (χ1v) is 7.54. The molecule has 2 unspecified atom stereocenters. The van der Waals surface area contributed by atoms with Crippen LogP contribution in [0.3, 0.4) is 0 Å². The molecule has 1 aliphatic heterocycles. The maximum atomic E-state index is 12.0. The van der Waals surface area contributed by atoms with Crippen LogP contribution in [0.5, 0.6) is 0 Å². The molecule has 0 aliphatic carbocycles. The number of nitrogens with zero attached hydrogens (tertiary/aromatic N) is 1. The highest BCUT2D eigenvalue weighted by Crippen LogP contribution is 2.16. The summed E-state index contributed by atoms with van der Waals surface area (Å²) in [6.07, 6.45) is 0.875. The summed E-state index contributed by atoms with van der Waals surface area (Å²) in [4.78, 5) is 24.5. The predicted octanol–water partition coefficient (Wildman–Crippen LogP) is 1.63. The zero-order valence-electron chi connectivity index (χ0n) is 11.0. The number of amides is 2. The highest BCUT2D eigenvalue weighted by molar-refractivity contribution is 7.99. The molecule has 0 aromatic rings. The fraction of sp³-hybridized carbons (Fsp3) is 0.833. The molecule has 18 heavy (non-hydrogen) atoms. The van der Waals surface area contributed by atoms with Crippen LogP contribution in [0.2, 0.25) is 0 Å². The molecule has 0 aromatic carbocycles. The molecular formula is C12H22N2O3S. The maximum absolute atomic E-state index is 12.0. The Hall–Kier alpha value is -0.910. The molecular weight excluding hydrogens is 252 g/mol. The van der Waals surface area contributed by atoms with Gasteiger partial charge in [0.1, 0.15) is 0 Å². The molecule has 0 spiro atoms. The van der Waals surface area contributed by atoms with Crippen molar-refractivity contribution in [3.8, 4) is 0 Å². The number of carbonyl (C=O) groups is 2. The Morgan fingerprint density at radius 1 is 1.56 bits per heavy atom. The lowest BCUT2D eigenvalue weighted by atomic mass is 10.0. The standard InChI is InChI=1S/C12H22N2O3S/c1-3-10(6-11(15)16)7-13-12(17)14-4-5-18-8-9(14)2/h9-10H,3-8H2,1-2H3,(H,13,17)(H,15,16). The van der Waals surface area contributed by atoms with Gasteiger partial charge in [-0.2, -0.15) is 11.8 Å². The summed E-state index contributed by atoms with van der Waals surface area (Å²) in [5, 5.41) is 11.6. The fourth-order valence-electron chi connectivity index (χ4n) is 1.97. The molecule has 1 rings (SSSR count). The third-order valence-electron chi connectivity index (χ3n) is 3.21. The number of hydrogen-bond acceptors (Lipinski definition) is 3. The Bertz CT molecular complexity index is 299. The van der Waals surface area contributed by atoms with Crippen LogP contribution in [-0.4, -0.2) is 52.6 Å². The fourth-order valence-corrected chi connectivity index (χ4v) is 2.98. The lowest BCUT2D eigenvalue weighted by Gasteiger charge is -2.33. The van der Waals surface area contributed by atoms with E-state index in [-0.39, 0.29) is 24.4 Å². The minimum atomic E-state index is -0.807. The predicted molar refractivity (Wildman–Crippen MR) is 72.9 cm³/mol. The molecule has 1 saturated heterocycles. The first kappa shape index (κ1) is 15.1. The first-order valence-electron chi connectivity index (χ1n) is 6.38. The van der Waals surface area contributed by atoms with Crippen LogP contribution in [-0.2, 0) is 4.79 Å². The van der Waals surface area contributed by atoms with E-state index in [1.807, 2.05) is 30.5 Å². The molecule has 6 heteroatoms. The number of aliphatic carboxylic acids is 1. The second kappa shape index (κ2) is 7.51. The van der Waals surface area contributed by atoms with Gasteiger partial charge in [-0.3, -0.25) is 4.79 Å². The van der Waals surface area contributed by atoms with Gasteiger partial charge in [0.15, 0.2) is 0 Å². The molecule has 2 N–H and O–H groups in total. The Morgan fingerprint density at radius 2 is 2.28 bits per heavy atom. The minimum absolute atomic E-state index is 0.0147.